The maximum Gasteiger partial charge on any atom is 0.113 e. The van der Waals surface area contributed by atoms with Gasteiger partial charge in [-0.2, -0.15) is 0 Å². The zero-order valence-electron chi connectivity index (χ0n) is 8.39. The predicted molar refractivity (Wildman–Crippen MR) is 61.8 cm³/mol. The fourth-order valence-corrected chi connectivity index (χ4v) is 1.96. The molecule has 0 radical (unpaired) electrons. The molecule has 1 nitrogen and oxygen atoms in total. The lowest BCUT2D eigenvalue weighted by Gasteiger charge is -2.00. The monoisotopic (exact) mass is 196 g/mol. The molecule has 3 rings (SSSR count). The van der Waals surface area contributed by atoms with Crippen molar-refractivity contribution in [2.45, 2.75) is 12.2 Å². The molecule has 0 aliphatic carbocycles. The number of rotatable bonds is 2. The van der Waals surface area contributed by atoms with Crippen LogP contribution in [0.4, 0.5) is 0 Å². The maximum absolute atomic E-state index is 5.48. The molecule has 0 spiro atoms. The largest absolute Gasteiger partial charge is 0.360 e. The Morgan fingerprint density at radius 3 is 2.60 bits per heavy atom. The van der Waals surface area contributed by atoms with E-state index in [-0.39, 0.29) is 12.2 Å². The molecule has 2 atom stereocenters. The minimum absolute atomic E-state index is 0.214. The minimum atomic E-state index is 0.214. The van der Waals surface area contributed by atoms with Crippen LogP contribution in [0.15, 0.2) is 55.1 Å². The van der Waals surface area contributed by atoms with Crippen LogP contribution in [0, 0.1) is 0 Å². The Morgan fingerprint density at radius 1 is 1.07 bits per heavy atom. The minimum Gasteiger partial charge on any atom is -0.360 e. The van der Waals surface area contributed by atoms with Gasteiger partial charge in [0.05, 0.1) is 0 Å². The van der Waals surface area contributed by atoms with Crippen LogP contribution >= 0.6 is 0 Å². The summed E-state index contributed by atoms with van der Waals surface area (Å²) in [6, 6.07) is 14.8. The zero-order chi connectivity index (χ0) is 10.3. The van der Waals surface area contributed by atoms with E-state index in [1.807, 2.05) is 6.08 Å². The van der Waals surface area contributed by atoms with Crippen molar-refractivity contribution in [1.82, 2.24) is 0 Å². The smallest absolute Gasteiger partial charge is 0.113 e. The first-order valence-corrected chi connectivity index (χ1v) is 5.15. The van der Waals surface area contributed by atoms with Crippen LogP contribution in [0.5, 0.6) is 0 Å². The molecule has 15 heavy (non-hydrogen) atoms. The molecule has 0 amide bonds. The average molecular weight is 196 g/mol. The molecule has 74 valence electrons. The van der Waals surface area contributed by atoms with Crippen molar-refractivity contribution in [2.75, 3.05) is 0 Å². The standard InChI is InChI=1S/C14H12O/c1-2-13-14(15-13)12-8-7-10-5-3-4-6-11(10)9-12/h2-9,13-14H,1H2. The molecule has 0 aromatic heterocycles. The number of epoxide rings is 1. The number of hydrogen-bond donors (Lipinski definition) is 0. The Morgan fingerprint density at radius 2 is 1.87 bits per heavy atom. The van der Waals surface area contributed by atoms with Crippen molar-refractivity contribution in [3.8, 4) is 0 Å². The topological polar surface area (TPSA) is 12.5 Å². The van der Waals surface area contributed by atoms with Crippen LogP contribution in [0.2, 0.25) is 0 Å². The van der Waals surface area contributed by atoms with Crippen molar-refractivity contribution >= 4 is 10.8 Å². The van der Waals surface area contributed by atoms with Gasteiger partial charge in [0, 0.05) is 0 Å². The van der Waals surface area contributed by atoms with Crippen LogP contribution in [0.3, 0.4) is 0 Å². The van der Waals surface area contributed by atoms with Gasteiger partial charge >= 0.3 is 0 Å². The average Bonchev–Trinajstić information content (AvgIpc) is 3.08. The summed E-state index contributed by atoms with van der Waals surface area (Å²) < 4.78 is 5.48. The first-order chi connectivity index (χ1) is 7.38. The van der Waals surface area contributed by atoms with Crippen molar-refractivity contribution in [3.63, 3.8) is 0 Å². The van der Waals surface area contributed by atoms with Crippen molar-refractivity contribution in [2.24, 2.45) is 0 Å². The summed E-state index contributed by atoms with van der Waals surface area (Å²) in [5, 5.41) is 2.55. The second kappa shape index (κ2) is 3.21. The third kappa shape index (κ3) is 1.45. The second-order valence-corrected chi connectivity index (χ2v) is 3.86. The molecule has 1 aliphatic rings. The summed E-state index contributed by atoms with van der Waals surface area (Å²) in [6.45, 7) is 3.74. The van der Waals surface area contributed by atoms with E-state index in [0.29, 0.717) is 0 Å². The highest BCUT2D eigenvalue weighted by atomic mass is 16.6. The van der Waals surface area contributed by atoms with E-state index in [2.05, 4.69) is 49.0 Å². The van der Waals surface area contributed by atoms with Gasteiger partial charge in [-0.15, -0.1) is 6.58 Å². The molecule has 1 heterocycles. The van der Waals surface area contributed by atoms with Crippen LogP contribution < -0.4 is 0 Å². The summed E-state index contributed by atoms with van der Waals surface area (Å²) in [5.41, 5.74) is 1.25. The van der Waals surface area contributed by atoms with Crippen LogP contribution in [0.25, 0.3) is 10.8 Å². The molecule has 2 unspecified atom stereocenters. The summed E-state index contributed by atoms with van der Waals surface area (Å²) in [5.74, 6) is 0. The van der Waals surface area contributed by atoms with Gasteiger partial charge in [0.25, 0.3) is 0 Å². The van der Waals surface area contributed by atoms with Gasteiger partial charge in [-0.05, 0) is 22.4 Å². The normalized spacial score (nSPS) is 24.0. The highest BCUT2D eigenvalue weighted by Gasteiger charge is 2.37. The second-order valence-electron chi connectivity index (χ2n) is 3.86. The fraction of sp³-hybridized carbons (Fsp3) is 0.143. The predicted octanol–water partition coefficient (Wildman–Crippen LogP) is 3.47. The lowest BCUT2D eigenvalue weighted by molar-refractivity contribution is 0.394. The summed E-state index contributed by atoms with van der Waals surface area (Å²) in [4.78, 5) is 0. The number of benzene rings is 2. The molecule has 0 bridgehead atoms. The summed E-state index contributed by atoms with van der Waals surface area (Å²) in [7, 11) is 0. The Balaban J connectivity index is 2.04. The number of hydrogen-bond acceptors (Lipinski definition) is 1. The van der Waals surface area contributed by atoms with Gasteiger partial charge in [0.2, 0.25) is 0 Å². The van der Waals surface area contributed by atoms with Crippen LogP contribution in [0.1, 0.15) is 11.7 Å². The zero-order valence-corrected chi connectivity index (χ0v) is 8.39. The van der Waals surface area contributed by atoms with E-state index >= 15 is 0 Å². The quantitative estimate of drug-likeness (QED) is 0.529. The van der Waals surface area contributed by atoms with E-state index < -0.39 is 0 Å². The maximum atomic E-state index is 5.48. The van der Waals surface area contributed by atoms with Crippen molar-refractivity contribution in [3.05, 3.63) is 60.7 Å². The van der Waals surface area contributed by atoms with Crippen molar-refractivity contribution in [1.29, 1.82) is 0 Å². The molecule has 0 saturated carbocycles. The molecular formula is C14H12O. The van der Waals surface area contributed by atoms with E-state index in [9.17, 15) is 0 Å². The highest BCUT2D eigenvalue weighted by Crippen LogP contribution is 2.39. The van der Waals surface area contributed by atoms with Gasteiger partial charge in [-0.25, -0.2) is 0 Å². The lowest BCUT2D eigenvalue weighted by atomic mass is 10.0. The molecule has 0 N–H and O–H groups in total. The fourth-order valence-electron chi connectivity index (χ4n) is 1.96. The van der Waals surface area contributed by atoms with Gasteiger partial charge in [-0.1, -0.05) is 42.5 Å². The van der Waals surface area contributed by atoms with Crippen LogP contribution in [-0.2, 0) is 4.74 Å². The first-order valence-electron chi connectivity index (χ1n) is 5.15. The van der Waals surface area contributed by atoms with Crippen LogP contribution in [-0.4, -0.2) is 6.10 Å². The van der Waals surface area contributed by atoms with Gasteiger partial charge in [-0.3, -0.25) is 0 Å². The van der Waals surface area contributed by atoms with E-state index in [0.717, 1.165) is 0 Å². The van der Waals surface area contributed by atoms with E-state index in [1.165, 1.54) is 16.3 Å². The summed E-state index contributed by atoms with van der Waals surface area (Å²) in [6.07, 6.45) is 2.30. The molecular weight excluding hydrogens is 184 g/mol. The third-order valence-corrected chi connectivity index (χ3v) is 2.86. The first kappa shape index (κ1) is 8.69. The lowest BCUT2D eigenvalue weighted by Crippen LogP contribution is -1.84. The van der Waals surface area contributed by atoms with Gasteiger partial charge < -0.3 is 4.74 Å². The Hall–Kier alpha value is -1.60. The Kier molecular flexibility index (Phi) is 1.86. The number of fused-ring (bicyclic) bond motifs is 1. The molecule has 1 heteroatoms. The molecule has 1 fully saturated rings. The molecule has 2 aromatic carbocycles. The molecule has 1 aliphatic heterocycles. The number of ether oxygens (including phenoxy) is 1. The third-order valence-electron chi connectivity index (χ3n) is 2.86. The van der Waals surface area contributed by atoms with Crippen molar-refractivity contribution < 1.29 is 4.74 Å². The Labute approximate surface area is 89.0 Å². The summed E-state index contributed by atoms with van der Waals surface area (Å²) >= 11 is 0. The van der Waals surface area contributed by atoms with E-state index in [1.54, 1.807) is 0 Å². The highest BCUT2D eigenvalue weighted by molar-refractivity contribution is 5.83. The SMILES string of the molecule is C=CC1OC1c1ccc2ccccc2c1. The molecule has 2 aromatic rings. The Bertz CT molecular complexity index is 515. The van der Waals surface area contributed by atoms with Gasteiger partial charge in [0.1, 0.15) is 12.2 Å². The van der Waals surface area contributed by atoms with E-state index in [4.69, 9.17) is 4.74 Å². The van der Waals surface area contributed by atoms with Gasteiger partial charge in [0.15, 0.2) is 0 Å². The molecule has 1 saturated heterocycles.